The molecule has 5 heteroatoms. The molecule has 5 nitrogen and oxygen atoms in total. The molecule has 2 aliphatic rings. The van der Waals surface area contributed by atoms with Crippen molar-refractivity contribution in [2.45, 2.75) is 50.3 Å². The molecule has 17 heavy (non-hydrogen) atoms. The molecule has 0 aromatic heterocycles. The lowest BCUT2D eigenvalue weighted by Gasteiger charge is -2.23. The molecule has 1 amide bonds. The smallest absolute Gasteiger partial charge is 0.246 e. The Morgan fingerprint density at radius 2 is 2.06 bits per heavy atom. The molecule has 0 aromatic rings. The monoisotopic (exact) mass is 242 g/mol. The minimum absolute atomic E-state index is 0.0163. The van der Waals surface area contributed by atoms with Gasteiger partial charge < -0.3 is 20.5 Å². The van der Waals surface area contributed by atoms with Crippen LogP contribution >= 0.6 is 0 Å². The molecule has 1 aliphatic heterocycles. The van der Waals surface area contributed by atoms with Crippen LogP contribution in [0.25, 0.3) is 0 Å². The second-order valence-corrected chi connectivity index (χ2v) is 4.96. The first-order valence-electron chi connectivity index (χ1n) is 6.48. The fourth-order valence-electron chi connectivity index (χ4n) is 2.43. The molecule has 0 radical (unpaired) electrons. The number of hydrogen-bond acceptors (Lipinski definition) is 4. The first kappa shape index (κ1) is 12.8. The van der Waals surface area contributed by atoms with Crippen molar-refractivity contribution >= 4 is 5.91 Å². The Bertz CT molecular complexity index is 254. The number of nitrogens with two attached hydrogens (primary N) is 1. The van der Waals surface area contributed by atoms with Crippen LogP contribution < -0.4 is 11.1 Å². The van der Waals surface area contributed by atoms with Gasteiger partial charge >= 0.3 is 0 Å². The van der Waals surface area contributed by atoms with E-state index >= 15 is 0 Å². The van der Waals surface area contributed by atoms with Crippen molar-refractivity contribution in [3.63, 3.8) is 0 Å². The summed E-state index contributed by atoms with van der Waals surface area (Å²) in [5.74, 6) is -0.0163. The van der Waals surface area contributed by atoms with E-state index in [1.54, 1.807) is 0 Å². The summed E-state index contributed by atoms with van der Waals surface area (Å²) in [7, 11) is 0. The highest BCUT2D eigenvalue weighted by molar-refractivity contribution is 5.77. The van der Waals surface area contributed by atoms with Crippen LogP contribution in [0.2, 0.25) is 0 Å². The zero-order valence-electron chi connectivity index (χ0n) is 10.2. The van der Waals surface area contributed by atoms with Crippen LogP contribution in [0.3, 0.4) is 0 Å². The van der Waals surface area contributed by atoms with Gasteiger partial charge in [0.15, 0.2) is 0 Å². The average Bonchev–Trinajstić information content (AvgIpc) is 2.74. The normalized spacial score (nSPS) is 30.4. The molecule has 1 saturated carbocycles. The van der Waals surface area contributed by atoms with Gasteiger partial charge in [0.2, 0.25) is 5.91 Å². The average molecular weight is 242 g/mol. The van der Waals surface area contributed by atoms with E-state index in [2.05, 4.69) is 5.32 Å². The number of hydrogen-bond donors (Lipinski definition) is 2. The van der Waals surface area contributed by atoms with Crippen LogP contribution in [0.15, 0.2) is 0 Å². The fraction of sp³-hybridized carbons (Fsp3) is 0.917. The van der Waals surface area contributed by atoms with Gasteiger partial charge in [0.25, 0.3) is 0 Å². The van der Waals surface area contributed by atoms with Gasteiger partial charge in [-0.3, -0.25) is 4.79 Å². The van der Waals surface area contributed by atoms with E-state index < -0.39 is 0 Å². The Balaban J connectivity index is 1.60. The molecule has 0 bridgehead atoms. The van der Waals surface area contributed by atoms with Gasteiger partial charge in [0, 0.05) is 25.3 Å². The van der Waals surface area contributed by atoms with E-state index in [1.807, 2.05) is 0 Å². The molecule has 0 aromatic carbocycles. The zero-order valence-corrected chi connectivity index (χ0v) is 10.2. The Labute approximate surface area is 102 Å². The number of amides is 1. The maximum Gasteiger partial charge on any atom is 0.246 e. The molecule has 2 fully saturated rings. The lowest BCUT2D eigenvalue weighted by molar-refractivity contribution is -0.128. The van der Waals surface area contributed by atoms with Crippen molar-refractivity contribution in [3.05, 3.63) is 0 Å². The van der Waals surface area contributed by atoms with Crippen molar-refractivity contribution in [1.82, 2.24) is 5.32 Å². The van der Waals surface area contributed by atoms with Gasteiger partial charge in [-0.15, -0.1) is 0 Å². The molecule has 0 spiro atoms. The molecule has 2 unspecified atom stereocenters. The van der Waals surface area contributed by atoms with Gasteiger partial charge in [-0.1, -0.05) is 0 Å². The SMILES string of the molecule is NC1CCC(OCC(=O)NC2CCOCC2)C1. The van der Waals surface area contributed by atoms with Crippen LogP contribution in [0.4, 0.5) is 0 Å². The molecule has 2 rings (SSSR count). The first-order chi connectivity index (χ1) is 8.24. The minimum Gasteiger partial charge on any atom is -0.381 e. The van der Waals surface area contributed by atoms with E-state index in [0.29, 0.717) is 0 Å². The summed E-state index contributed by atoms with van der Waals surface area (Å²) in [6.07, 6.45) is 4.84. The summed E-state index contributed by atoms with van der Waals surface area (Å²) in [4.78, 5) is 11.6. The fourth-order valence-corrected chi connectivity index (χ4v) is 2.43. The van der Waals surface area contributed by atoms with E-state index in [-0.39, 0.29) is 30.7 Å². The molecular formula is C12H22N2O3. The summed E-state index contributed by atoms with van der Waals surface area (Å²) >= 11 is 0. The highest BCUT2D eigenvalue weighted by Crippen LogP contribution is 2.20. The second kappa shape index (κ2) is 6.33. The Hall–Kier alpha value is -0.650. The highest BCUT2D eigenvalue weighted by atomic mass is 16.5. The summed E-state index contributed by atoms with van der Waals surface area (Å²) in [5.41, 5.74) is 5.79. The number of carbonyl (C=O) groups excluding carboxylic acids is 1. The third-order valence-corrected chi connectivity index (χ3v) is 3.46. The number of rotatable bonds is 4. The van der Waals surface area contributed by atoms with Gasteiger partial charge in [-0.05, 0) is 32.1 Å². The maximum atomic E-state index is 11.6. The Morgan fingerprint density at radius 3 is 2.71 bits per heavy atom. The van der Waals surface area contributed by atoms with Crippen LogP contribution in [-0.2, 0) is 14.3 Å². The van der Waals surface area contributed by atoms with Crippen molar-refractivity contribution < 1.29 is 14.3 Å². The van der Waals surface area contributed by atoms with Gasteiger partial charge in [0.05, 0.1) is 6.10 Å². The van der Waals surface area contributed by atoms with Crippen molar-refractivity contribution in [2.75, 3.05) is 19.8 Å². The number of nitrogens with one attached hydrogen (secondary N) is 1. The summed E-state index contributed by atoms with van der Waals surface area (Å²) in [6.45, 7) is 1.64. The maximum absolute atomic E-state index is 11.6. The molecule has 2 atom stereocenters. The van der Waals surface area contributed by atoms with Crippen LogP contribution in [0.1, 0.15) is 32.1 Å². The summed E-state index contributed by atoms with van der Waals surface area (Å²) in [5, 5.41) is 2.98. The largest absolute Gasteiger partial charge is 0.381 e. The van der Waals surface area contributed by atoms with Gasteiger partial charge in [0.1, 0.15) is 6.61 Å². The van der Waals surface area contributed by atoms with Crippen LogP contribution in [0, 0.1) is 0 Å². The third-order valence-electron chi connectivity index (χ3n) is 3.46. The first-order valence-corrected chi connectivity index (χ1v) is 6.48. The molecular weight excluding hydrogens is 220 g/mol. The molecule has 1 aliphatic carbocycles. The van der Waals surface area contributed by atoms with Crippen LogP contribution in [-0.4, -0.2) is 43.9 Å². The topological polar surface area (TPSA) is 73.6 Å². The van der Waals surface area contributed by atoms with Crippen molar-refractivity contribution in [1.29, 1.82) is 0 Å². The molecule has 3 N–H and O–H groups in total. The lowest BCUT2D eigenvalue weighted by atomic mass is 10.1. The minimum atomic E-state index is -0.0163. The van der Waals surface area contributed by atoms with E-state index in [4.69, 9.17) is 15.2 Å². The van der Waals surface area contributed by atoms with E-state index in [1.165, 1.54) is 0 Å². The number of carbonyl (C=O) groups is 1. The predicted octanol–water partition coefficient (Wildman–Crippen LogP) is 0.178. The quantitative estimate of drug-likeness (QED) is 0.737. The summed E-state index contributed by atoms with van der Waals surface area (Å²) in [6, 6.07) is 0.504. The van der Waals surface area contributed by atoms with Crippen molar-refractivity contribution in [3.8, 4) is 0 Å². The molecule has 1 heterocycles. The van der Waals surface area contributed by atoms with E-state index in [0.717, 1.165) is 45.3 Å². The summed E-state index contributed by atoms with van der Waals surface area (Å²) < 4.78 is 10.8. The Morgan fingerprint density at radius 1 is 1.29 bits per heavy atom. The predicted molar refractivity (Wildman–Crippen MR) is 63.6 cm³/mol. The van der Waals surface area contributed by atoms with Crippen LogP contribution in [0.5, 0.6) is 0 Å². The highest BCUT2D eigenvalue weighted by Gasteiger charge is 2.23. The third kappa shape index (κ3) is 4.26. The lowest BCUT2D eigenvalue weighted by Crippen LogP contribution is -2.41. The number of ether oxygens (including phenoxy) is 2. The Kier molecular flexibility index (Phi) is 4.76. The van der Waals surface area contributed by atoms with Gasteiger partial charge in [-0.2, -0.15) is 0 Å². The van der Waals surface area contributed by atoms with Gasteiger partial charge in [-0.25, -0.2) is 0 Å². The van der Waals surface area contributed by atoms with Crippen molar-refractivity contribution in [2.24, 2.45) is 5.73 Å². The standard InChI is InChI=1S/C12H22N2O3/c13-9-1-2-11(7-9)17-8-12(15)14-10-3-5-16-6-4-10/h9-11H,1-8,13H2,(H,14,15). The zero-order chi connectivity index (χ0) is 12.1. The molecule has 98 valence electrons. The second-order valence-electron chi connectivity index (χ2n) is 4.96. The van der Waals surface area contributed by atoms with E-state index in [9.17, 15) is 4.79 Å². The molecule has 1 saturated heterocycles.